The molecular weight excluding hydrogens is 363 g/mol. The third-order valence-electron chi connectivity index (χ3n) is 1.78. The van der Waals surface area contributed by atoms with Gasteiger partial charge in [0.05, 0.1) is 0 Å². The molecule has 3 nitrogen and oxygen atoms in total. The average molecular weight is 371 g/mol. The second-order valence-corrected chi connectivity index (χ2v) is 4.83. The van der Waals surface area contributed by atoms with Gasteiger partial charge in [0.1, 0.15) is 0 Å². The van der Waals surface area contributed by atoms with Crippen molar-refractivity contribution in [1.82, 2.24) is 0 Å². The maximum Gasteiger partial charge on any atom is 0.337 e. The molecule has 2 N–H and O–H groups in total. The Bertz CT molecular complexity index is 355. The van der Waals surface area contributed by atoms with Crippen molar-refractivity contribution in [3.8, 4) is 0 Å². The Hall–Kier alpha value is -0.140. The fraction of sp³-hybridized carbons (Fsp3) is 0.222. The molecule has 0 aliphatic rings. The summed E-state index contributed by atoms with van der Waals surface area (Å²) in [6.45, 7) is 1.85. The van der Waals surface area contributed by atoms with Crippen LogP contribution in [-0.4, -0.2) is 16.2 Å². The zero-order valence-corrected chi connectivity index (χ0v) is 11.0. The van der Waals surface area contributed by atoms with E-state index in [1.165, 1.54) is 0 Å². The third kappa shape index (κ3) is 2.46. The van der Waals surface area contributed by atoms with Gasteiger partial charge in [0.2, 0.25) is 0 Å². The van der Waals surface area contributed by atoms with E-state index >= 15 is 0 Å². The van der Waals surface area contributed by atoms with Gasteiger partial charge in [-0.1, -0.05) is 6.07 Å². The first-order valence-electron chi connectivity index (χ1n) is 3.80. The topological polar surface area (TPSA) is 57.5 Å². The molecule has 0 heterocycles. The molecule has 76 valence electrons. The Morgan fingerprint density at radius 1 is 1.57 bits per heavy atom. The van der Waals surface area contributed by atoms with Crippen molar-refractivity contribution in [1.29, 1.82) is 0 Å². The first kappa shape index (κ1) is 11.9. The molecule has 0 bridgehead atoms. The van der Waals surface area contributed by atoms with Gasteiger partial charge in [-0.25, -0.2) is 4.79 Å². The summed E-state index contributed by atoms with van der Waals surface area (Å²) < 4.78 is 1.82. The van der Waals surface area contributed by atoms with Crippen LogP contribution in [0.25, 0.3) is 0 Å². The summed E-state index contributed by atoms with van der Waals surface area (Å²) in [7, 11) is 0. The molecule has 0 aliphatic heterocycles. The SMILES string of the molecule is Cc1cc(C(O)C(=O)O)cc(I)c1Br. The Balaban J connectivity index is 3.19. The second kappa shape index (κ2) is 4.59. The number of carboxylic acid groups (broad SMARTS) is 1. The van der Waals surface area contributed by atoms with Crippen LogP contribution >= 0.6 is 38.5 Å². The van der Waals surface area contributed by atoms with Gasteiger partial charge < -0.3 is 10.2 Å². The summed E-state index contributed by atoms with van der Waals surface area (Å²) in [6, 6.07) is 3.31. The van der Waals surface area contributed by atoms with E-state index in [4.69, 9.17) is 5.11 Å². The molecule has 1 aromatic carbocycles. The molecule has 1 atom stereocenters. The van der Waals surface area contributed by atoms with Crippen LogP contribution in [0.2, 0.25) is 0 Å². The number of hydrogen-bond acceptors (Lipinski definition) is 2. The van der Waals surface area contributed by atoms with Crippen molar-refractivity contribution in [2.24, 2.45) is 0 Å². The largest absolute Gasteiger partial charge is 0.479 e. The maximum absolute atomic E-state index is 10.5. The van der Waals surface area contributed by atoms with Crippen molar-refractivity contribution in [3.05, 3.63) is 31.3 Å². The second-order valence-electron chi connectivity index (χ2n) is 2.87. The first-order chi connectivity index (χ1) is 6.43. The average Bonchev–Trinajstić information content (AvgIpc) is 2.12. The lowest BCUT2D eigenvalue weighted by Gasteiger charge is -2.09. The monoisotopic (exact) mass is 370 g/mol. The number of halogens is 2. The third-order valence-corrected chi connectivity index (χ3v) is 4.43. The van der Waals surface area contributed by atoms with E-state index in [0.717, 1.165) is 13.6 Å². The molecule has 1 unspecified atom stereocenters. The lowest BCUT2D eigenvalue weighted by Crippen LogP contribution is -2.10. The van der Waals surface area contributed by atoms with Crippen molar-refractivity contribution in [2.75, 3.05) is 0 Å². The highest BCUT2D eigenvalue weighted by molar-refractivity contribution is 14.1. The Labute approximate surface area is 103 Å². The molecule has 0 radical (unpaired) electrons. The zero-order chi connectivity index (χ0) is 10.9. The summed E-state index contributed by atoms with van der Waals surface area (Å²) in [5.74, 6) is -1.23. The molecule has 0 saturated heterocycles. The quantitative estimate of drug-likeness (QED) is 0.786. The van der Waals surface area contributed by atoms with Crippen LogP contribution in [0, 0.1) is 10.5 Å². The molecule has 5 heteroatoms. The number of aliphatic hydroxyl groups is 1. The van der Waals surface area contributed by atoms with Crippen LogP contribution in [-0.2, 0) is 4.79 Å². The lowest BCUT2D eigenvalue weighted by molar-refractivity contribution is -0.146. The van der Waals surface area contributed by atoms with Crippen LogP contribution in [0.4, 0.5) is 0 Å². The van der Waals surface area contributed by atoms with Gasteiger partial charge >= 0.3 is 5.97 Å². The van der Waals surface area contributed by atoms with Crippen molar-refractivity contribution < 1.29 is 15.0 Å². The standard InChI is InChI=1S/C9H8BrIO3/c1-4-2-5(8(12)9(13)14)3-6(11)7(4)10/h2-3,8,12H,1H3,(H,13,14). The van der Waals surface area contributed by atoms with Crippen molar-refractivity contribution in [3.63, 3.8) is 0 Å². The predicted octanol–water partition coefficient (Wildman–Crippen LogP) is 2.48. The normalized spacial score (nSPS) is 12.6. The van der Waals surface area contributed by atoms with E-state index in [2.05, 4.69) is 38.5 Å². The Kier molecular flexibility index (Phi) is 3.91. The molecule has 1 rings (SSSR count). The van der Waals surface area contributed by atoms with Gasteiger partial charge in [0, 0.05) is 8.04 Å². The van der Waals surface area contributed by atoms with Crippen LogP contribution in [0.5, 0.6) is 0 Å². The van der Waals surface area contributed by atoms with Crippen molar-refractivity contribution in [2.45, 2.75) is 13.0 Å². The number of carbonyl (C=O) groups is 1. The summed E-state index contributed by atoms with van der Waals surface area (Å²) in [5, 5.41) is 17.9. The number of aryl methyl sites for hydroxylation is 1. The number of benzene rings is 1. The molecule has 0 amide bonds. The highest BCUT2D eigenvalue weighted by Gasteiger charge is 2.17. The minimum Gasteiger partial charge on any atom is -0.479 e. The molecule has 0 fully saturated rings. The van der Waals surface area contributed by atoms with E-state index in [9.17, 15) is 9.90 Å². The highest BCUT2D eigenvalue weighted by atomic mass is 127. The van der Waals surface area contributed by atoms with Crippen molar-refractivity contribution >= 4 is 44.5 Å². The van der Waals surface area contributed by atoms with E-state index in [0.29, 0.717) is 5.56 Å². The van der Waals surface area contributed by atoms with E-state index in [1.807, 2.05) is 6.92 Å². The fourth-order valence-electron chi connectivity index (χ4n) is 1.05. The Morgan fingerprint density at radius 2 is 2.14 bits per heavy atom. The number of aliphatic carboxylic acids is 1. The fourth-order valence-corrected chi connectivity index (χ4v) is 2.07. The molecule has 1 aromatic rings. The van der Waals surface area contributed by atoms with Crippen LogP contribution in [0.15, 0.2) is 16.6 Å². The van der Waals surface area contributed by atoms with Crippen LogP contribution in [0.3, 0.4) is 0 Å². The molecule has 0 aliphatic carbocycles. The smallest absolute Gasteiger partial charge is 0.337 e. The predicted molar refractivity (Wildman–Crippen MR) is 64.2 cm³/mol. The molecular formula is C9H8BrIO3. The summed E-state index contributed by atoms with van der Waals surface area (Å²) >= 11 is 5.44. The van der Waals surface area contributed by atoms with Gasteiger partial charge in [0.25, 0.3) is 0 Å². The Morgan fingerprint density at radius 3 is 2.57 bits per heavy atom. The van der Waals surface area contributed by atoms with E-state index in [-0.39, 0.29) is 0 Å². The van der Waals surface area contributed by atoms with Gasteiger partial charge in [-0.05, 0) is 62.6 Å². The summed E-state index contributed by atoms with van der Waals surface area (Å²) in [5.41, 5.74) is 1.31. The molecule has 0 saturated carbocycles. The van der Waals surface area contributed by atoms with Crippen LogP contribution < -0.4 is 0 Å². The lowest BCUT2D eigenvalue weighted by atomic mass is 10.1. The number of aliphatic hydroxyl groups excluding tert-OH is 1. The number of carboxylic acids is 1. The molecule has 0 aromatic heterocycles. The zero-order valence-electron chi connectivity index (χ0n) is 7.29. The first-order valence-corrected chi connectivity index (χ1v) is 5.67. The maximum atomic E-state index is 10.5. The van der Waals surface area contributed by atoms with Gasteiger partial charge in [-0.15, -0.1) is 0 Å². The van der Waals surface area contributed by atoms with E-state index in [1.54, 1.807) is 12.1 Å². The van der Waals surface area contributed by atoms with Gasteiger partial charge in [-0.2, -0.15) is 0 Å². The highest BCUT2D eigenvalue weighted by Crippen LogP contribution is 2.27. The molecule has 0 spiro atoms. The molecule has 14 heavy (non-hydrogen) atoms. The van der Waals surface area contributed by atoms with Gasteiger partial charge in [-0.3, -0.25) is 0 Å². The van der Waals surface area contributed by atoms with Crippen LogP contribution in [0.1, 0.15) is 17.2 Å². The number of hydrogen-bond donors (Lipinski definition) is 2. The minimum absolute atomic E-state index is 0.405. The summed E-state index contributed by atoms with van der Waals surface area (Å²) in [6.07, 6.45) is -1.45. The number of rotatable bonds is 2. The van der Waals surface area contributed by atoms with E-state index < -0.39 is 12.1 Å². The minimum atomic E-state index is -1.45. The summed E-state index contributed by atoms with van der Waals surface area (Å²) in [4.78, 5) is 10.5. The van der Waals surface area contributed by atoms with Gasteiger partial charge in [0.15, 0.2) is 6.10 Å².